The van der Waals surface area contributed by atoms with Crippen LogP contribution >= 0.6 is 23.2 Å². The van der Waals surface area contributed by atoms with Gasteiger partial charge in [0, 0.05) is 21.2 Å². The first-order valence-corrected chi connectivity index (χ1v) is 17.1. The summed E-state index contributed by atoms with van der Waals surface area (Å²) in [6, 6.07) is 28.0. The summed E-state index contributed by atoms with van der Waals surface area (Å²) >= 11 is 12.6. The Bertz CT molecular complexity index is 2430. The van der Waals surface area contributed by atoms with Crippen LogP contribution in [0.2, 0.25) is 10.0 Å². The van der Waals surface area contributed by atoms with Gasteiger partial charge in [0.15, 0.2) is 0 Å². The number of rotatable bonds is 4. The predicted octanol–water partition coefficient (Wildman–Crippen LogP) is 9.13. The highest BCUT2D eigenvalue weighted by Crippen LogP contribution is 2.41. The monoisotopic (exact) mass is 700 g/mol. The number of benzene rings is 5. The van der Waals surface area contributed by atoms with Gasteiger partial charge in [-0.3, -0.25) is 19.2 Å². The molecule has 8 heteroatoms. The molecule has 0 N–H and O–H groups in total. The highest BCUT2D eigenvalue weighted by molar-refractivity contribution is 6.31. The molecule has 50 heavy (non-hydrogen) atoms. The van der Waals surface area contributed by atoms with Gasteiger partial charge in [0.1, 0.15) is 0 Å². The zero-order chi connectivity index (χ0) is 35.9. The van der Waals surface area contributed by atoms with E-state index in [1.807, 2.05) is 65.8 Å². The van der Waals surface area contributed by atoms with Crippen LogP contribution in [0.25, 0.3) is 55.2 Å². The molecule has 7 aromatic rings. The molecule has 0 spiro atoms. The molecule has 0 bridgehead atoms. The van der Waals surface area contributed by atoms with E-state index in [2.05, 4.69) is 0 Å². The van der Waals surface area contributed by atoms with Crippen LogP contribution in [0.5, 0.6) is 0 Å². The molecule has 0 saturated carbocycles. The second-order valence-electron chi connectivity index (χ2n) is 14.7. The first-order valence-electron chi connectivity index (χ1n) is 16.3. The van der Waals surface area contributed by atoms with E-state index in [1.54, 1.807) is 72.8 Å². The fourth-order valence-corrected chi connectivity index (χ4v) is 7.34. The molecule has 2 heterocycles. The third-order valence-electron chi connectivity index (χ3n) is 9.34. The Morgan fingerprint density at radius 1 is 0.420 bits per heavy atom. The maximum atomic E-state index is 15.0. The van der Waals surface area contributed by atoms with Crippen LogP contribution in [0.3, 0.4) is 0 Å². The molecule has 0 saturated heterocycles. The lowest BCUT2D eigenvalue weighted by atomic mass is 9.86. The minimum Gasteiger partial charge on any atom is -0.268 e. The second kappa shape index (κ2) is 11.8. The third-order valence-corrected chi connectivity index (χ3v) is 9.84. The van der Waals surface area contributed by atoms with Crippen LogP contribution < -0.4 is 22.2 Å². The van der Waals surface area contributed by atoms with Gasteiger partial charge in [-0.05, 0) is 69.5 Å². The van der Waals surface area contributed by atoms with Crippen LogP contribution in [0.15, 0.2) is 116 Å². The van der Waals surface area contributed by atoms with Crippen molar-refractivity contribution in [3.05, 3.63) is 160 Å². The van der Waals surface area contributed by atoms with Gasteiger partial charge in [-0.15, -0.1) is 0 Å². The van der Waals surface area contributed by atoms with E-state index in [4.69, 9.17) is 23.2 Å². The summed E-state index contributed by atoms with van der Waals surface area (Å²) in [6.07, 6.45) is 0. The van der Waals surface area contributed by atoms with Gasteiger partial charge in [0.05, 0.1) is 32.9 Å². The van der Waals surface area contributed by atoms with Crippen LogP contribution in [0.4, 0.5) is 0 Å². The van der Waals surface area contributed by atoms with Gasteiger partial charge in [0.25, 0.3) is 22.2 Å². The summed E-state index contributed by atoms with van der Waals surface area (Å²) < 4.78 is 2.36. The first kappa shape index (κ1) is 33.5. The molecule has 0 unspecified atom stereocenters. The summed E-state index contributed by atoms with van der Waals surface area (Å²) in [5, 5.41) is 1.11. The lowest BCUT2D eigenvalue weighted by Crippen LogP contribution is -2.28. The molecule has 0 amide bonds. The van der Waals surface area contributed by atoms with Crippen molar-refractivity contribution in [2.75, 3.05) is 0 Å². The summed E-state index contributed by atoms with van der Waals surface area (Å²) in [5.74, 6) is 0. The highest BCUT2D eigenvalue weighted by atomic mass is 35.5. The van der Waals surface area contributed by atoms with Crippen molar-refractivity contribution in [3.8, 4) is 33.6 Å². The molecule has 0 aliphatic rings. The van der Waals surface area contributed by atoms with Gasteiger partial charge >= 0.3 is 0 Å². The zero-order valence-corrected chi connectivity index (χ0v) is 30.0. The minimum atomic E-state index is -0.585. The second-order valence-corrected chi connectivity index (χ2v) is 15.6. The Morgan fingerprint density at radius 2 is 0.700 bits per heavy atom. The minimum absolute atomic E-state index is 0.0526. The molecule has 0 fully saturated rings. The third kappa shape index (κ3) is 5.17. The fourth-order valence-electron chi connectivity index (χ4n) is 7.09. The summed E-state index contributed by atoms with van der Waals surface area (Å²) in [4.78, 5) is 59.8. The van der Waals surface area contributed by atoms with Crippen LogP contribution in [0.1, 0.15) is 52.7 Å². The summed E-state index contributed by atoms with van der Waals surface area (Å²) in [6.45, 7) is 12.1. The molecule has 2 aromatic heterocycles. The van der Waals surface area contributed by atoms with Crippen molar-refractivity contribution in [2.24, 2.45) is 0 Å². The summed E-state index contributed by atoms with van der Waals surface area (Å²) in [5.41, 5.74) is 0.668. The largest absolute Gasteiger partial charge is 0.268 e. The number of aromatic nitrogens is 2. The highest BCUT2D eigenvalue weighted by Gasteiger charge is 2.33. The van der Waals surface area contributed by atoms with Gasteiger partial charge in [-0.25, -0.2) is 9.13 Å². The lowest BCUT2D eigenvalue weighted by Gasteiger charge is -2.22. The van der Waals surface area contributed by atoms with E-state index in [1.165, 1.54) is 9.13 Å². The normalized spacial score (nSPS) is 12.3. The molecular weight excluding hydrogens is 667 g/mol. The molecule has 7 rings (SSSR count). The van der Waals surface area contributed by atoms with Crippen molar-refractivity contribution in [1.82, 2.24) is 9.13 Å². The standard InChI is InChI=1S/C42H34Cl2N2O4/c1-41(2,3)27-11-7-9-13-29(27)45-37(47)33-31(23-15-19-25(43)20-16-23)35-36(32(34(33)38(45)48)24-17-21-26(44)22-18-24)40(50)46(39(35)49)30-14-10-8-12-28(30)42(4,5)6/h7-22H,1-6H3. The Hall–Kier alpha value is -5.04. The fraction of sp³-hybridized carbons (Fsp3) is 0.190. The van der Waals surface area contributed by atoms with Crippen LogP contribution in [-0.2, 0) is 10.8 Å². The van der Waals surface area contributed by atoms with Crippen molar-refractivity contribution in [2.45, 2.75) is 52.4 Å². The zero-order valence-electron chi connectivity index (χ0n) is 28.5. The summed E-state index contributed by atoms with van der Waals surface area (Å²) in [7, 11) is 0. The number of halogens is 2. The quantitative estimate of drug-likeness (QED) is 0.184. The van der Waals surface area contributed by atoms with E-state index in [-0.39, 0.29) is 32.7 Å². The van der Waals surface area contributed by atoms with Crippen LogP contribution in [-0.4, -0.2) is 9.13 Å². The molecule has 0 aliphatic carbocycles. The van der Waals surface area contributed by atoms with Gasteiger partial charge in [-0.1, -0.05) is 125 Å². The van der Waals surface area contributed by atoms with E-state index < -0.39 is 33.1 Å². The number of hydrogen-bond acceptors (Lipinski definition) is 4. The molecule has 0 radical (unpaired) electrons. The Balaban J connectivity index is 1.79. The van der Waals surface area contributed by atoms with E-state index in [0.717, 1.165) is 11.1 Å². The van der Waals surface area contributed by atoms with E-state index >= 15 is 0 Å². The SMILES string of the molecule is CC(C)(C)c1ccccc1-n1c(=O)c2c(-c3ccc(Cl)cc3)c3c(=O)n(-c4ccccc4C(C)(C)C)c(=O)c3c(-c3ccc(Cl)cc3)c2c1=O. The first-order chi connectivity index (χ1) is 23.6. The average molecular weight is 702 g/mol. The Labute approximate surface area is 298 Å². The van der Waals surface area contributed by atoms with Crippen molar-refractivity contribution in [1.29, 1.82) is 0 Å². The molecule has 250 valence electrons. The van der Waals surface area contributed by atoms with Crippen molar-refractivity contribution < 1.29 is 0 Å². The Morgan fingerprint density at radius 3 is 0.980 bits per heavy atom. The molecule has 5 aromatic carbocycles. The average Bonchev–Trinajstić information content (AvgIpc) is 3.48. The number of nitrogens with zero attached hydrogens (tertiary/aromatic N) is 2. The maximum absolute atomic E-state index is 15.0. The van der Waals surface area contributed by atoms with Gasteiger partial charge < -0.3 is 0 Å². The molecular formula is C42H34Cl2N2O4. The van der Waals surface area contributed by atoms with Gasteiger partial charge in [0.2, 0.25) is 0 Å². The van der Waals surface area contributed by atoms with Gasteiger partial charge in [-0.2, -0.15) is 0 Å². The Kier molecular flexibility index (Phi) is 7.89. The predicted molar refractivity (Wildman–Crippen MR) is 206 cm³/mol. The van der Waals surface area contributed by atoms with Crippen LogP contribution in [0, 0.1) is 0 Å². The molecule has 0 atom stereocenters. The molecule has 0 aliphatic heterocycles. The van der Waals surface area contributed by atoms with Crippen molar-refractivity contribution >= 4 is 44.7 Å². The smallest absolute Gasteiger partial charge is 0.266 e. The van der Waals surface area contributed by atoms with Crippen molar-refractivity contribution in [3.63, 3.8) is 0 Å². The maximum Gasteiger partial charge on any atom is 0.266 e. The number of hydrogen-bond donors (Lipinski definition) is 0. The van der Waals surface area contributed by atoms with E-state index in [0.29, 0.717) is 32.5 Å². The van der Waals surface area contributed by atoms with E-state index in [9.17, 15) is 19.2 Å². The number of para-hydroxylation sites is 2. The topological polar surface area (TPSA) is 78.1 Å². The molecule has 6 nitrogen and oxygen atoms in total. The number of fused-ring (bicyclic) bond motifs is 2. The lowest BCUT2D eigenvalue weighted by molar-refractivity contribution is 0.585.